The van der Waals surface area contributed by atoms with Crippen LogP contribution >= 0.6 is 0 Å². The van der Waals surface area contributed by atoms with Crippen molar-refractivity contribution in [1.82, 2.24) is 20.9 Å². The van der Waals surface area contributed by atoms with Gasteiger partial charge in [-0.25, -0.2) is 4.79 Å². The van der Waals surface area contributed by atoms with Gasteiger partial charge in [-0.15, -0.1) is 0 Å². The average molecular weight is 282 g/mol. The second kappa shape index (κ2) is 7.59. The highest BCUT2D eigenvalue weighted by atomic mass is 16.2. The van der Waals surface area contributed by atoms with Gasteiger partial charge in [0.15, 0.2) is 0 Å². The molecule has 1 atom stereocenters. The van der Waals surface area contributed by atoms with E-state index in [1.807, 2.05) is 0 Å². The van der Waals surface area contributed by atoms with Gasteiger partial charge in [0.05, 0.1) is 6.54 Å². The maximum atomic E-state index is 11.9. The molecule has 0 radical (unpaired) electrons. The molecule has 2 rings (SSSR count). The topological polar surface area (TPSA) is 73.5 Å². The third-order valence-corrected chi connectivity index (χ3v) is 4.18. The number of piperazine rings is 1. The van der Waals surface area contributed by atoms with Gasteiger partial charge in [-0.05, 0) is 19.8 Å². The molecule has 0 bridgehead atoms. The van der Waals surface area contributed by atoms with Crippen LogP contribution in [0.3, 0.4) is 0 Å². The summed E-state index contributed by atoms with van der Waals surface area (Å²) in [5, 5.41) is 8.62. The first-order chi connectivity index (χ1) is 9.65. The Hall–Kier alpha value is -1.14. The first-order valence-electron chi connectivity index (χ1n) is 7.70. The van der Waals surface area contributed by atoms with Crippen molar-refractivity contribution < 1.29 is 9.59 Å². The number of rotatable bonds is 3. The minimum Gasteiger partial charge on any atom is -0.335 e. The van der Waals surface area contributed by atoms with Gasteiger partial charge in [0.1, 0.15) is 0 Å². The predicted molar refractivity (Wildman–Crippen MR) is 77.5 cm³/mol. The molecule has 0 spiro atoms. The largest absolute Gasteiger partial charge is 0.335 e. The zero-order valence-electron chi connectivity index (χ0n) is 12.3. The number of imide groups is 1. The van der Waals surface area contributed by atoms with E-state index in [1.165, 1.54) is 6.42 Å². The summed E-state index contributed by atoms with van der Waals surface area (Å²) in [5.74, 6) is -0.216. The molecule has 2 fully saturated rings. The second-order valence-corrected chi connectivity index (χ2v) is 5.88. The molecule has 0 aromatic heterocycles. The van der Waals surface area contributed by atoms with Crippen molar-refractivity contribution >= 4 is 11.9 Å². The maximum absolute atomic E-state index is 11.9. The smallest absolute Gasteiger partial charge is 0.321 e. The molecule has 114 valence electrons. The summed E-state index contributed by atoms with van der Waals surface area (Å²) in [6.45, 7) is 5.01. The van der Waals surface area contributed by atoms with E-state index < -0.39 is 0 Å². The third kappa shape index (κ3) is 4.76. The van der Waals surface area contributed by atoms with Crippen LogP contribution in [-0.2, 0) is 4.79 Å². The first kappa shape index (κ1) is 15.3. The van der Waals surface area contributed by atoms with Crippen LogP contribution in [0, 0.1) is 0 Å². The van der Waals surface area contributed by atoms with Crippen molar-refractivity contribution in [3.05, 3.63) is 0 Å². The molecule has 1 saturated heterocycles. The van der Waals surface area contributed by atoms with Crippen LogP contribution in [0.5, 0.6) is 0 Å². The summed E-state index contributed by atoms with van der Waals surface area (Å²) < 4.78 is 0. The molecular formula is C14H26N4O2. The molecule has 0 aromatic carbocycles. The van der Waals surface area contributed by atoms with Crippen molar-refractivity contribution in [2.24, 2.45) is 0 Å². The van der Waals surface area contributed by atoms with Gasteiger partial charge < -0.3 is 10.6 Å². The van der Waals surface area contributed by atoms with Gasteiger partial charge >= 0.3 is 6.03 Å². The monoisotopic (exact) mass is 282 g/mol. The fourth-order valence-corrected chi connectivity index (χ4v) is 2.94. The first-order valence-corrected chi connectivity index (χ1v) is 7.70. The number of hydrogen-bond acceptors (Lipinski definition) is 4. The average Bonchev–Trinajstić information content (AvgIpc) is 2.42. The van der Waals surface area contributed by atoms with Crippen LogP contribution in [-0.4, -0.2) is 55.1 Å². The van der Waals surface area contributed by atoms with E-state index in [9.17, 15) is 9.59 Å². The Labute approximate surface area is 120 Å². The van der Waals surface area contributed by atoms with Crippen LogP contribution < -0.4 is 16.0 Å². The molecule has 20 heavy (non-hydrogen) atoms. The van der Waals surface area contributed by atoms with Gasteiger partial charge in [-0.2, -0.15) is 0 Å². The highest BCUT2D eigenvalue weighted by Gasteiger charge is 2.22. The molecule has 3 N–H and O–H groups in total. The molecule has 0 aromatic rings. The van der Waals surface area contributed by atoms with E-state index in [0.717, 1.165) is 45.3 Å². The summed E-state index contributed by atoms with van der Waals surface area (Å²) >= 11 is 0. The van der Waals surface area contributed by atoms with E-state index >= 15 is 0 Å². The summed E-state index contributed by atoms with van der Waals surface area (Å²) in [6, 6.07) is 0.218. The van der Waals surface area contributed by atoms with Gasteiger partial charge in [0.2, 0.25) is 5.91 Å². The van der Waals surface area contributed by atoms with Crippen LogP contribution in [0.4, 0.5) is 4.79 Å². The number of amides is 3. The van der Waals surface area contributed by atoms with Crippen LogP contribution in [0.15, 0.2) is 0 Å². The fourth-order valence-electron chi connectivity index (χ4n) is 2.94. The lowest BCUT2D eigenvalue weighted by molar-refractivity contribution is -0.121. The Bertz CT molecular complexity index is 342. The van der Waals surface area contributed by atoms with Crippen LogP contribution in [0.1, 0.15) is 39.0 Å². The SMILES string of the molecule is C[C@@H]1CNCCN1CC(=O)NC(=O)NC1CCCCC1. The lowest BCUT2D eigenvalue weighted by Gasteiger charge is -2.33. The molecule has 0 unspecified atom stereocenters. The van der Waals surface area contributed by atoms with Crippen LogP contribution in [0.2, 0.25) is 0 Å². The van der Waals surface area contributed by atoms with Gasteiger partial charge in [0, 0.05) is 31.7 Å². The van der Waals surface area contributed by atoms with Crippen molar-refractivity contribution in [2.45, 2.75) is 51.1 Å². The van der Waals surface area contributed by atoms with Crippen molar-refractivity contribution in [1.29, 1.82) is 0 Å². The number of urea groups is 1. The summed E-state index contributed by atoms with van der Waals surface area (Å²) in [6.07, 6.45) is 5.63. The Morgan fingerprint density at radius 3 is 2.70 bits per heavy atom. The van der Waals surface area contributed by atoms with Gasteiger partial charge in [-0.3, -0.25) is 15.0 Å². The highest BCUT2D eigenvalue weighted by Crippen LogP contribution is 2.17. The maximum Gasteiger partial charge on any atom is 0.321 e. The summed E-state index contributed by atoms with van der Waals surface area (Å²) in [4.78, 5) is 25.7. The minimum absolute atomic E-state index is 0.216. The number of nitrogens with one attached hydrogen (secondary N) is 3. The van der Waals surface area contributed by atoms with Crippen molar-refractivity contribution in [2.75, 3.05) is 26.2 Å². The highest BCUT2D eigenvalue weighted by molar-refractivity contribution is 5.95. The fraction of sp³-hybridized carbons (Fsp3) is 0.857. The molecule has 6 heteroatoms. The zero-order chi connectivity index (χ0) is 14.4. The van der Waals surface area contributed by atoms with Crippen LogP contribution in [0.25, 0.3) is 0 Å². The number of carbonyl (C=O) groups excluding carboxylic acids is 2. The molecule has 1 aliphatic carbocycles. The molecule has 1 heterocycles. The summed E-state index contributed by atoms with van der Waals surface area (Å²) in [5.41, 5.74) is 0. The Kier molecular flexibility index (Phi) is 5.79. The standard InChI is InChI=1S/C14H26N4O2/c1-11-9-15-7-8-18(11)10-13(19)17-14(20)16-12-5-3-2-4-6-12/h11-12,15H,2-10H2,1H3,(H2,16,17,19,20)/t11-/m1/s1. The van der Waals surface area contributed by atoms with Crippen molar-refractivity contribution in [3.63, 3.8) is 0 Å². The Morgan fingerprint density at radius 2 is 2.00 bits per heavy atom. The molecule has 6 nitrogen and oxygen atoms in total. The van der Waals surface area contributed by atoms with Crippen molar-refractivity contribution in [3.8, 4) is 0 Å². The van der Waals surface area contributed by atoms with E-state index in [0.29, 0.717) is 12.6 Å². The zero-order valence-corrected chi connectivity index (χ0v) is 12.3. The summed E-state index contributed by atoms with van der Waals surface area (Å²) in [7, 11) is 0. The third-order valence-electron chi connectivity index (χ3n) is 4.18. The minimum atomic E-state index is -0.343. The number of carbonyl (C=O) groups is 2. The normalized spacial score (nSPS) is 25.1. The Balaban J connectivity index is 1.68. The molecular weight excluding hydrogens is 256 g/mol. The van der Waals surface area contributed by atoms with E-state index in [1.54, 1.807) is 0 Å². The molecule has 1 saturated carbocycles. The molecule has 1 aliphatic heterocycles. The molecule has 3 amide bonds. The van der Waals surface area contributed by atoms with Gasteiger partial charge in [0.25, 0.3) is 0 Å². The number of nitrogens with zero attached hydrogens (tertiary/aromatic N) is 1. The second-order valence-electron chi connectivity index (χ2n) is 5.88. The lowest BCUT2D eigenvalue weighted by atomic mass is 9.96. The lowest BCUT2D eigenvalue weighted by Crippen LogP contribution is -2.54. The number of hydrogen-bond donors (Lipinski definition) is 3. The van der Waals surface area contributed by atoms with Gasteiger partial charge in [-0.1, -0.05) is 19.3 Å². The van der Waals surface area contributed by atoms with E-state index in [4.69, 9.17) is 0 Å². The van der Waals surface area contributed by atoms with E-state index in [-0.39, 0.29) is 18.0 Å². The Morgan fingerprint density at radius 1 is 1.25 bits per heavy atom. The molecule has 2 aliphatic rings. The predicted octanol–water partition coefficient (Wildman–Crippen LogP) is 0.439. The quantitative estimate of drug-likeness (QED) is 0.702. The van der Waals surface area contributed by atoms with E-state index in [2.05, 4.69) is 27.8 Å².